The van der Waals surface area contributed by atoms with Crippen molar-refractivity contribution < 1.29 is 9.90 Å². The van der Waals surface area contributed by atoms with E-state index in [1.165, 1.54) is 12.8 Å². The second kappa shape index (κ2) is 6.57. The highest BCUT2D eigenvalue weighted by Crippen LogP contribution is 2.25. The van der Waals surface area contributed by atoms with E-state index in [1.807, 2.05) is 12.3 Å². The number of carbonyl (C=O) groups excluding carboxylic acids is 1. The first-order chi connectivity index (χ1) is 12.1. The lowest BCUT2D eigenvalue weighted by Gasteiger charge is -2.28. The summed E-state index contributed by atoms with van der Waals surface area (Å²) in [5.74, 6) is 0.602. The molecule has 0 unspecified atom stereocenters. The van der Waals surface area contributed by atoms with Crippen LogP contribution in [0.15, 0.2) is 36.8 Å². The number of pyridine rings is 1. The number of rotatable bonds is 4. The van der Waals surface area contributed by atoms with E-state index in [-0.39, 0.29) is 5.91 Å². The van der Waals surface area contributed by atoms with Gasteiger partial charge in [0.25, 0.3) is 5.91 Å². The second-order valence-corrected chi connectivity index (χ2v) is 7.04. The molecule has 1 atom stereocenters. The van der Waals surface area contributed by atoms with E-state index in [0.29, 0.717) is 37.4 Å². The number of nitrogens with zero attached hydrogens (tertiary/aromatic N) is 5. The van der Waals surface area contributed by atoms with Gasteiger partial charge in [-0.1, -0.05) is 0 Å². The number of amides is 1. The van der Waals surface area contributed by atoms with Crippen molar-refractivity contribution in [3.63, 3.8) is 0 Å². The Morgan fingerprint density at radius 1 is 1.24 bits per heavy atom. The van der Waals surface area contributed by atoms with Gasteiger partial charge in [-0.3, -0.25) is 4.79 Å². The quantitative estimate of drug-likeness (QED) is 0.896. The average molecular weight is 341 g/mol. The summed E-state index contributed by atoms with van der Waals surface area (Å²) in [6.45, 7) is 3.74. The van der Waals surface area contributed by atoms with Crippen molar-refractivity contribution in [3.05, 3.63) is 42.4 Å². The summed E-state index contributed by atoms with van der Waals surface area (Å²) < 4.78 is 1.65. The van der Waals surface area contributed by atoms with Crippen molar-refractivity contribution in [2.75, 3.05) is 32.7 Å². The lowest BCUT2D eigenvalue weighted by Crippen LogP contribution is -2.45. The van der Waals surface area contributed by atoms with E-state index in [4.69, 9.17) is 0 Å². The maximum Gasteiger partial charge on any atom is 0.255 e. The molecule has 0 saturated carbocycles. The van der Waals surface area contributed by atoms with Gasteiger partial charge in [0.05, 0.1) is 17.7 Å². The Morgan fingerprint density at radius 3 is 2.76 bits per heavy atom. The van der Waals surface area contributed by atoms with Crippen LogP contribution in [0.25, 0.3) is 5.82 Å². The Labute approximate surface area is 146 Å². The molecular formula is C18H23N5O2. The maximum atomic E-state index is 12.7. The first-order valence-corrected chi connectivity index (χ1v) is 8.83. The molecule has 2 aromatic heterocycles. The fourth-order valence-electron chi connectivity index (χ4n) is 3.75. The zero-order valence-electron chi connectivity index (χ0n) is 14.2. The maximum absolute atomic E-state index is 12.7. The third-order valence-corrected chi connectivity index (χ3v) is 5.07. The van der Waals surface area contributed by atoms with Crippen molar-refractivity contribution in [2.24, 2.45) is 0 Å². The van der Waals surface area contributed by atoms with Gasteiger partial charge in [-0.05, 0) is 50.6 Å². The van der Waals surface area contributed by atoms with Crippen LogP contribution >= 0.6 is 0 Å². The fourth-order valence-corrected chi connectivity index (χ4v) is 3.75. The van der Waals surface area contributed by atoms with Crippen LogP contribution < -0.4 is 0 Å². The molecule has 2 saturated heterocycles. The molecule has 4 rings (SSSR count). The number of likely N-dealkylation sites (tertiary alicyclic amines) is 2. The predicted octanol–water partition coefficient (Wildman–Crippen LogP) is 0.940. The zero-order valence-corrected chi connectivity index (χ0v) is 14.2. The summed E-state index contributed by atoms with van der Waals surface area (Å²) in [6.07, 6.45) is 8.11. The van der Waals surface area contributed by atoms with Crippen molar-refractivity contribution >= 4 is 5.91 Å². The van der Waals surface area contributed by atoms with Gasteiger partial charge >= 0.3 is 0 Å². The summed E-state index contributed by atoms with van der Waals surface area (Å²) in [5, 5.41) is 15.0. The van der Waals surface area contributed by atoms with Gasteiger partial charge in [-0.25, -0.2) is 9.67 Å². The van der Waals surface area contributed by atoms with Crippen molar-refractivity contribution in [3.8, 4) is 5.82 Å². The number of β-amino-alcohol motifs (C(OH)–C–C–N with tert-alkyl or cyclic N) is 1. The average Bonchev–Trinajstić information content (AvgIpc) is 3.36. The smallest absolute Gasteiger partial charge is 0.255 e. The molecule has 7 heteroatoms. The number of aliphatic hydroxyl groups is 1. The van der Waals surface area contributed by atoms with Gasteiger partial charge in [0, 0.05) is 31.7 Å². The highest BCUT2D eigenvalue weighted by atomic mass is 16.3. The minimum absolute atomic E-state index is 0.0723. The van der Waals surface area contributed by atoms with E-state index in [1.54, 1.807) is 34.1 Å². The zero-order chi connectivity index (χ0) is 17.3. The molecule has 1 amide bonds. The molecule has 0 bridgehead atoms. The molecule has 0 spiro atoms. The van der Waals surface area contributed by atoms with Gasteiger partial charge in [0.1, 0.15) is 0 Å². The lowest BCUT2D eigenvalue weighted by molar-refractivity contribution is 0.0175. The van der Waals surface area contributed by atoms with Gasteiger partial charge in [0.15, 0.2) is 5.82 Å². The largest absolute Gasteiger partial charge is 0.387 e. The second-order valence-electron chi connectivity index (χ2n) is 7.04. The summed E-state index contributed by atoms with van der Waals surface area (Å²) in [5.41, 5.74) is -0.246. The van der Waals surface area contributed by atoms with E-state index < -0.39 is 5.60 Å². The van der Waals surface area contributed by atoms with Gasteiger partial charge in [-0.2, -0.15) is 5.10 Å². The topological polar surface area (TPSA) is 74.5 Å². The summed E-state index contributed by atoms with van der Waals surface area (Å²) in [7, 11) is 0. The molecule has 25 heavy (non-hydrogen) atoms. The van der Waals surface area contributed by atoms with Gasteiger partial charge < -0.3 is 14.9 Å². The molecule has 7 nitrogen and oxygen atoms in total. The molecule has 1 N–H and O–H groups in total. The van der Waals surface area contributed by atoms with Crippen LogP contribution in [0.5, 0.6) is 0 Å². The van der Waals surface area contributed by atoms with Crippen LogP contribution in [0.1, 0.15) is 29.6 Å². The van der Waals surface area contributed by atoms with E-state index in [9.17, 15) is 9.90 Å². The Kier molecular flexibility index (Phi) is 4.27. The third-order valence-electron chi connectivity index (χ3n) is 5.07. The molecule has 2 aromatic rings. The van der Waals surface area contributed by atoms with Crippen molar-refractivity contribution in [2.45, 2.75) is 24.9 Å². The molecule has 0 radical (unpaired) electrons. The van der Waals surface area contributed by atoms with Crippen LogP contribution in [-0.4, -0.2) is 73.9 Å². The monoisotopic (exact) mass is 341 g/mol. The minimum atomic E-state index is -0.789. The Hall–Kier alpha value is -2.25. The molecule has 132 valence electrons. The first-order valence-electron chi connectivity index (χ1n) is 8.83. The number of hydrogen-bond acceptors (Lipinski definition) is 5. The van der Waals surface area contributed by atoms with Crippen LogP contribution in [0.4, 0.5) is 0 Å². The Morgan fingerprint density at radius 2 is 2.08 bits per heavy atom. The van der Waals surface area contributed by atoms with Crippen LogP contribution in [0.2, 0.25) is 0 Å². The number of aromatic nitrogens is 3. The Balaban J connectivity index is 1.41. The van der Waals surface area contributed by atoms with Crippen LogP contribution in [0, 0.1) is 0 Å². The van der Waals surface area contributed by atoms with Crippen molar-refractivity contribution in [1.29, 1.82) is 0 Å². The first kappa shape index (κ1) is 16.2. The predicted molar refractivity (Wildman–Crippen MR) is 92.5 cm³/mol. The van der Waals surface area contributed by atoms with E-state index in [2.05, 4.69) is 15.0 Å². The van der Waals surface area contributed by atoms with Crippen molar-refractivity contribution in [1.82, 2.24) is 24.6 Å². The van der Waals surface area contributed by atoms with Gasteiger partial charge in [0.2, 0.25) is 0 Å². The number of carbonyl (C=O) groups is 1. The lowest BCUT2D eigenvalue weighted by atomic mass is 10.0. The third kappa shape index (κ3) is 3.43. The fraction of sp³-hybridized carbons (Fsp3) is 0.500. The standard InChI is InChI=1S/C18H23N5O2/c24-17(15-4-5-16(19-12-15)23-10-3-7-20-23)22-11-6-18(25,14-22)13-21-8-1-2-9-21/h3-5,7,10,12,25H,1-2,6,8-9,11,13-14H2/t18-/m1/s1. The summed E-state index contributed by atoms with van der Waals surface area (Å²) in [6, 6.07) is 5.38. The minimum Gasteiger partial charge on any atom is -0.387 e. The normalized spacial score (nSPS) is 24.1. The molecule has 0 aliphatic carbocycles. The summed E-state index contributed by atoms with van der Waals surface area (Å²) >= 11 is 0. The SMILES string of the molecule is O=C(c1ccc(-n2cccn2)nc1)N1CC[C@@](O)(CN2CCCC2)C1. The van der Waals surface area contributed by atoms with E-state index >= 15 is 0 Å². The molecule has 2 aliphatic heterocycles. The van der Waals surface area contributed by atoms with E-state index in [0.717, 1.165) is 13.1 Å². The highest BCUT2D eigenvalue weighted by Gasteiger charge is 2.40. The Bertz CT molecular complexity index is 724. The molecule has 4 heterocycles. The highest BCUT2D eigenvalue weighted by molar-refractivity contribution is 5.94. The van der Waals surface area contributed by atoms with Crippen LogP contribution in [-0.2, 0) is 0 Å². The molecule has 2 aliphatic rings. The molecule has 2 fully saturated rings. The molecule has 0 aromatic carbocycles. The number of hydrogen-bond donors (Lipinski definition) is 1. The summed E-state index contributed by atoms with van der Waals surface area (Å²) in [4.78, 5) is 21.1. The van der Waals surface area contributed by atoms with Crippen LogP contribution in [0.3, 0.4) is 0 Å². The molecular weight excluding hydrogens is 318 g/mol. The van der Waals surface area contributed by atoms with Gasteiger partial charge in [-0.15, -0.1) is 0 Å².